The van der Waals surface area contributed by atoms with Crippen LogP contribution >= 0.6 is 11.6 Å². The van der Waals surface area contributed by atoms with Crippen LogP contribution in [0.2, 0.25) is 5.02 Å². The fourth-order valence-corrected chi connectivity index (χ4v) is 5.81. The SMILES string of the molecule is COc1ccc(CN2C(=O)c3cc([C@@H](O)C4(F)CCOCC4)cc(F)c3[C@]2(OC)c2ccc(Cl)cc2)c(C(=O)O)c1. The van der Waals surface area contributed by atoms with Crippen molar-refractivity contribution >= 4 is 23.5 Å². The van der Waals surface area contributed by atoms with E-state index >= 15 is 8.78 Å². The molecule has 41 heavy (non-hydrogen) atoms. The van der Waals surface area contributed by atoms with Crippen molar-refractivity contribution < 1.29 is 42.8 Å². The lowest BCUT2D eigenvalue weighted by Crippen LogP contribution is -2.46. The third-order valence-corrected chi connectivity index (χ3v) is 8.10. The van der Waals surface area contributed by atoms with E-state index in [0.717, 1.165) is 6.07 Å². The fourth-order valence-electron chi connectivity index (χ4n) is 5.68. The van der Waals surface area contributed by atoms with E-state index in [1.54, 1.807) is 30.3 Å². The summed E-state index contributed by atoms with van der Waals surface area (Å²) in [6, 6.07) is 12.9. The Kier molecular flexibility index (Phi) is 7.78. The number of carboxylic acids is 1. The summed E-state index contributed by atoms with van der Waals surface area (Å²) in [6.07, 6.45) is -1.88. The largest absolute Gasteiger partial charge is 0.497 e. The Balaban J connectivity index is 1.68. The van der Waals surface area contributed by atoms with E-state index in [0.29, 0.717) is 16.3 Å². The summed E-state index contributed by atoms with van der Waals surface area (Å²) >= 11 is 6.12. The molecule has 2 aliphatic rings. The van der Waals surface area contributed by atoms with E-state index in [4.69, 9.17) is 25.8 Å². The van der Waals surface area contributed by atoms with E-state index in [-0.39, 0.29) is 60.4 Å². The van der Waals surface area contributed by atoms with Gasteiger partial charge in [0.2, 0.25) is 0 Å². The van der Waals surface area contributed by atoms with Crippen molar-refractivity contribution in [2.75, 3.05) is 27.4 Å². The summed E-state index contributed by atoms with van der Waals surface area (Å²) < 4.78 is 48.2. The van der Waals surface area contributed by atoms with Crippen LogP contribution in [0.1, 0.15) is 61.9 Å². The number of carbonyl (C=O) groups is 2. The van der Waals surface area contributed by atoms with Gasteiger partial charge in [0.05, 0.1) is 30.3 Å². The molecule has 2 atom stereocenters. The van der Waals surface area contributed by atoms with Crippen LogP contribution in [0.15, 0.2) is 54.6 Å². The lowest BCUT2D eigenvalue weighted by molar-refractivity contribution is -0.0884. The molecule has 216 valence electrons. The maximum absolute atomic E-state index is 16.2. The first-order valence-corrected chi connectivity index (χ1v) is 13.3. The molecule has 0 aromatic heterocycles. The van der Waals surface area contributed by atoms with E-state index in [1.807, 2.05) is 0 Å². The minimum Gasteiger partial charge on any atom is -0.497 e. The molecule has 1 fully saturated rings. The highest BCUT2D eigenvalue weighted by Crippen LogP contribution is 2.49. The van der Waals surface area contributed by atoms with Gasteiger partial charge in [-0.25, -0.2) is 13.6 Å². The van der Waals surface area contributed by atoms with Crippen LogP contribution in [0, 0.1) is 5.82 Å². The van der Waals surface area contributed by atoms with Crippen LogP contribution in [0.5, 0.6) is 5.75 Å². The van der Waals surface area contributed by atoms with Crippen LogP contribution < -0.4 is 4.74 Å². The number of carbonyl (C=O) groups excluding carboxylic acids is 1. The predicted octanol–water partition coefficient (Wildman–Crippen LogP) is 5.24. The molecule has 5 rings (SSSR count). The second kappa shape index (κ2) is 11.0. The molecule has 11 heteroatoms. The van der Waals surface area contributed by atoms with Crippen molar-refractivity contribution in [3.05, 3.63) is 98.8 Å². The van der Waals surface area contributed by atoms with Crippen molar-refractivity contribution in [1.29, 1.82) is 0 Å². The minimum atomic E-state index is -2.06. The summed E-state index contributed by atoms with van der Waals surface area (Å²) in [6.45, 7) is -0.0903. The summed E-state index contributed by atoms with van der Waals surface area (Å²) in [7, 11) is 2.70. The molecule has 8 nitrogen and oxygen atoms in total. The third kappa shape index (κ3) is 4.84. The molecule has 1 amide bonds. The highest BCUT2D eigenvalue weighted by atomic mass is 35.5. The third-order valence-electron chi connectivity index (χ3n) is 7.84. The number of aromatic carboxylic acids is 1. The molecule has 0 aliphatic carbocycles. The lowest BCUT2D eigenvalue weighted by Gasteiger charge is -2.39. The van der Waals surface area contributed by atoms with E-state index in [9.17, 15) is 19.8 Å². The average Bonchev–Trinajstić information content (AvgIpc) is 3.21. The minimum absolute atomic E-state index is 0.0881. The number of fused-ring (bicyclic) bond motifs is 1. The van der Waals surface area contributed by atoms with E-state index in [2.05, 4.69) is 0 Å². The Morgan fingerprint density at radius 3 is 2.41 bits per heavy atom. The number of alkyl halides is 1. The fraction of sp³-hybridized carbons (Fsp3) is 0.333. The first kappa shape index (κ1) is 28.9. The zero-order valence-corrected chi connectivity index (χ0v) is 23.1. The second-order valence-corrected chi connectivity index (χ2v) is 10.5. The quantitative estimate of drug-likeness (QED) is 0.371. The van der Waals surface area contributed by atoms with Gasteiger partial charge < -0.3 is 24.4 Å². The smallest absolute Gasteiger partial charge is 0.336 e. The molecule has 3 aromatic rings. The molecule has 0 radical (unpaired) electrons. The highest BCUT2D eigenvalue weighted by Gasteiger charge is 2.54. The van der Waals surface area contributed by atoms with Crippen molar-refractivity contribution in [1.82, 2.24) is 4.90 Å². The maximum Gasteiger partial charge on any atom is 0.336 e. The van der Waals surface area contributed by atoms with Crippen LogP contribution in [-0.4, -0.2) is 60.1 Å². The summed E-state index contributed by atoms with van der Waals surface area (Å²) in [5.74, 6) is -2.54. The Bertz CT molecular complexity index is 1490. The van der Waals surface area contributed by atoms with Gasteiger partial charge in [0.1, 0.15) is 23.3 Å². The first-order valence-electron chi connectivity index (χ1n) is 12.9. The zero-order chi connectivity index (χ0) is 29.5. The Labute approximate surface area is 240 Å². The number of benzene rings is 3. The van der Waals surface area contributed by atoms with Crippen molar-refractivity contribution in [2.24, 2.45) is 0 Å². The standard InChI is InChI=1S/C30H28ClF2NO7/c1-39-21-8-3-17(22(15-21)28(37)38)16-34-27(36)23-13-18(26(35)29(33)9-11-41-12-10-29)14-24(32)25(23)30(34,40-2)19-4-6-20(31)7-5-19/h3-8,13-15,26,35H,9-12,16H2,1-2H3,(H,37,38)/t26-,30-/m1/s1. The number of nitrogens with zero attached hydrogens (tertiary/aromatic N) is 1. The number of ether oxygens (including phenoxy) is 3. The number of carboxylic acid groups (broad SMARTS) is 1. The van der Waals surface area contributed by atoms with Crippen LogP contribution in [0.4, 0.5) is 8.78 Å². The topological polar surface area (TPSA) is 106 Å². The molecule has 0 spiro atoms. The van der Waals surface area contributed by atoms with Gasteiger partial charge in [-0.15, -0.1) is 0 Å². The molecule has 2 heterocycles. The summed E-state index contributed by atoms with van der Waals surface area (Å²) in [5.41, 5.74) is -3.82. The molecule has 0 unspecified atom stereocenters. The van der Waals surface area contributed by atoms with Gasteiger partial charge in [0.15, 0.2) is 5.72 Å². The molecule has 2 N–H and O–H groups in total. The molecule has 0 bridgehead atoms. The number of hydrogen-bond donors (Lipinski definition) is 2. The number of halogens is 3. The van der Waals surface area contributed by atoms with Gasteiger partial charge in [0, 0.05) is 43.8 Å². The van der Waals surface area contributed by atoms with Crippen molar-refractivity contribution in [3.8, 4) is 5.75 Å². The zero-order valence-electron chi connectivity index (χ0n) is 22.3. The highest BCUT2D eigenvalue weighted by molar-refractivity contribution is 6.30. The number of methoxy groups -OCH3 is 2. The van der Waals surface area contributed by atoms with Crippen molar-refractivity contribution in [2.45, 2.75) is 36.9 Å². The van der Waals surface area contributed by atoms with Gasteiger partial charge in [-0.2, -0.15) is 0 Å². The summed E-state index contributed by atoms with van der Waals surface area (Å²) in [5, 5.41) is 21.3. The first-order chi connectivity index (χ1) is 19.6. The Morgan fingerprint density at radius 2 is 1.80 bits per heavy atom. The van der Waals surface area contributed by atoms with Crippen LogP contribution in [0.3, 0.4) is 0 Å². The lowest BCUT2D eigenvalue weighted by atomic mass is 9.84. The van der Waals surface area contributed by atoms with Gasteiger partial charge in [-0.3, -0.25) is 9.69 Å². The second-order valence-electron chi connectivity index (χ2n) is 10.0. The van der Waals surface area contributed by atoms with Gasteiger partial charge in [0.25, 0.3) is 5.91 Å². The Morgan fingerprint density at radius 1 is 1.12 bits per heavy atom. The summed E-state index contributed by atoms with van der Waals surface area (Å²) in [4.78, 5) is 27.4. The van der Waals surface area contributed by atoms with Gasteiger partial charge in [-0.05, 0) is 47.5 Å². The van der Waals surface area contributed by atoms with Gasteiger partial charge >= 0.3 is 5.97 Å². The monoisotopic (exact) mass is 587 g/mol. The number of rotatable bonds is 8. The molecular formula is C30H28ClF2NO7. The molecule has 2 aliphatic heterocycles. The normalized spacial score (nSPS) is 20.5. The Hall–Kier alpha value is -3.57. The maximum atomic E-state index is 16.2. The molecule has 0 saturated carbocycles. The van der Waals surface area contributed by atoms with E-state index in [1.165, 1.54) is 37.3 Å². The number of aliphatic hydroxyl groups excluding tert-OH is 1. The number of amides is 1. The van der Waals surface area contributed by atoms with Crippen molar-refractivity contribution in [3.63, 3.8) is 0 Å². The predicted molar refractivity (Wildman–Crippen MR) is 144 cm³/mol. The number of aliphatic hydroxyl groups is 1. The molecular weight excluding hydrogens is 560 g/mol. The van der Waals surface area contributed by atoms with E-state index < -0.39 is 35.2 Å². The number of hydrogen-bond acceptors (Lipinski definition) is 6. The van der Waals surface area contributed by atoms with Crippen LogP contribution in [0.25, 0.3) is 0 Å². The van der Waals surface area contributed by atoms with Crippen LogP contribution in [-0.2, 0) is 21.7 Å². The molecule has 3 aromatic carbocycles. The average molecular weight is 588 g/mol. The molecule has 1 saturated heterocycles. The van der Waals surface area contributed by atoms with Gasteiger partial charge in [-0.1, -0.05) is 29.8 Å².